The van der Waals surface area contributed by atoms with E-state index in [1.54, 1.807) is 30.3 Å². The molecule has 1 N–H and O–H groups in total. The number of carbonyl (C=O) groups is 2. The van der Waals surface area contributed by atoms with E-state index < -0.39 is 0 Å². The first kappa shape index (κ1) is 17.0. The topological polar surface area (TPSA) is 55.4 Å². The van der Waals surface area contributed by atoms with Gasteiger partial charge in [-0.3, -0.25) is 4.79 Å². The Morgan fingerprint density at radius 1 is 1.13 bits per heavy atom. The number of methoxy groups -OCH3 is 1. The van der Waals surface area contributed by atoms with Gasteiger partial charge in [0.15, 0.2) is 0 Å². The number of hydrogen-bond acceptors (Lipinski definition) is 3. The number of aryl methyl sites for hydroxylation is 1. The van der Waals surface area contributed by atoms with Gasteiger partial charge >= 0.3 is 5.97 Å². The molecule has 2 rings (SSSR count). The number of benzene rings is 2. The molecule has 2 aromatic rings. The highest BCUT2D eigenvalue weighted by Crippen LogP contribution is 2.20. The SMILES string of the molecule is COC(=O)c1ccc(/C=C/C(=O)Nc2ccc(Br)cc2C)cc1. The molecule has 118 valence electrons. The lowest BCUT2D eigenvalue weighted by molar-refractivity contribution is -0.111. The summed E-state index contributed by atoms with van der Waals surface area (Å²) in [4.78, 5) is 23.3. The van der Waals surface area contributed by atoms with Gasteiger partial charge in [-0.15, -0.1) is 0 Å². The summed E-state index contributed by atoms with van der Waals surface area (Å²) in [5.41, 5.74) is 3.03. The second kappa shape index (κ2) is 7.74. The monoisotopic (exact) mass is 373 g/mol. The van der Waals surface area contributed by atoms with Crippen molar-refractivity contribution in [3.05, 3.63) is 69.7 Å². The summed E-state index contributed by atoms with van der Waals surface area (Å²) in [7, 11) is 1.34. The number of rotatable bonds is 4. The lowest BCUT2D eigenvalue weighted by Gasteiger charge is -2.06. The Labute approximate surface area is 143 Å². The van der Waals surface area contributed by atoms with E-state index in [9.17, 15) is 9.59 Å². The molecule has 0 unspecified atom stereocenters. The molecule has 0 aromatic heterocycles. The predicted octanol–water partition coefficient (Wildman–Crippen LogP) is 4.20. The second-order valence-electron chi connectivity index (χ2n) is 4.90. The third-order valence-corrected chi connectivity index (χ3v) is 3.70. The third kappa shape index (κ3) is 4.79. The van der Waals surface area contributed by atoms with Crippen LogP contribution in [0.25, 0.3) is 6.08 Å². The molecule has 5 heteroatoms. The van der Waals surface area contributed by atoms with Crippen LogP contribution < -0.4 is 5.32 Å². The standard InChI is InChI=1S/C18H16BrNO3/c1-12-11-15(19)8-9-16(12)20-17(21)10-5-13-3-6-14(7-4-13)18(22)23-2/h3-11H,1-2H3,(H,20,21)/b10-5+. The van der Waals surface area contributed by atoms with Crippen LogP contribution in [0.2, 0.25) is 0 Å². The normalized spacial score (nSPS) is 10.6. The van der Waals surface area contributed by atoms with Crippen molar-refractivity contribution in [2.45, 2.75) is 6.92 Å². The molecular formula is C18H16BrNO3. The first-order chi connectivity index (χ1) is 11.0. The van der Waals surface area contributed by atoms with E-state index >= 15 is 0 Å². The van der Waals surface area contributed by atoms with Crippen LogP contribution in [-0.4, -0.2) is 19.0 Å². The summed E-state index contributed by atoms with van der Waals surface area (Å²) in [6.07, 6.45) is 3.14. The maximum Gasteiger partial charge on any atom is 0.337 e. The van der Waals surface area contributed by atoms with Gasteiger partial charge in [-0.05, 0) is 54.5 Å². The summed E-state index contributed by atoms with van der Waals surface area (Å²) in [6, 6.07) is 12.5. The molecule has 4 nitrogen and oxygen atoms in total. The minimum Gasteiger partial charge on any atom is -0.465 e. The highest BCUT2D eigenvalue weighted by atomic mass is 79.9. The molecule has 2 aromatic carbocycles. The van der Waals surface area contributed by atoms with E-state index in [1.807, 2.05) is 25.1 Å². The minimum absolute atomic E-state index is 0.215. The number of nitrogens with one attached hydrogen (secondary N) is 1. The van der Waals surface area contributed by atoms with E-state index in [1.165, 1.54) is 13.2 Å². The van der Waals surface area contributed by atoms with Crippen LogP contribution in [0.4, 0.5) is 5.69 Å². The van der Waals surface area contributed by atoms with Gasteiger partial charge in [0.25, 0.3) is 0 Å². The Bertz CT molecular complexity index is 751. The highest BCUT2D eigenvalue weighted by Gasteiger charge is 2.04. The van der Waals surface area contributed by atoms with Crippen LogP contribution in [-0.2, 0) is 9.53 Å². The van der Waals surface area contributed by atoms with Crippen molar-refractivity contribution in [3.63, 3.8) is 0 Å². The summed E-state index contributed by atoms with van der Waals surface area (Å²) < 4.78 is 5.60. The van der Waals surface area contributed by atoms with Crippen LogP contribution in [0, 0.1) is 6.92 Å². The van der Waals surface area contributed by atoms with Crippen molar-refractivity contribution in [1.82, 2.24) is 0 Å². The Hall–Kier alpha value is -2.40. The lowest BCUT2D eigenvalue weighted by atomic mass is 10.1. The molecule has 0 saturated heterocycles. The van der Waals surface area contributed by atoms with Crippen molar-refractivity contribution in [2.75, 3.05) is 12.4 Å². The van der Waals surface area contributed by atoms with E-state index in [2.05, 4.69) is 26.0 Å². The maximum absolute atomic E-state index is 12.0. The fourth-order valence-corrected chi connectivity index (χ4v) is 2.44. The van der Waals surface area contributed by atoms with E-state index in [-0.39, 0.29) is 11.9 Å². The van der Waals surface area contributed by atoms with E-state index in [4.69, 9.17) is 0 Å². The van der Waals surface area contributed by atoms with Crippen LogP contribution >= 0.6 is 15.9 Å². The smallest absolute Gasteiger partial charge is 0.337 e. The molecule has 0 spiro atoms. The zero-order valence-corrected chi connectivity index (χ0v) is 14.4. The third-order valence-electron chi connectivity index (χ3n) is 3.21. The number of carbonyl (C=O) groups excluding carboxylic acids is 2. The minimum atomic E-state index is -0.385. The summed E-state index contributed by atoms with van der Waals surface area (Å²) in [6.45, 7) is 1.93. The summed E-state index contributed by atoms with van der Waals surface area (Å²) >= 11 is 3.39. The van der Waals surface area contributed by atoms with Gasteiger partial charge in [0.1, 0.15) is 0 Å². The van der Waals surface area contributed by atoms with Crippen molar-refractivity contribution < 1.29 is 14.3 Å². The number of anilines is 1. The Morgan fingerprint density at radius 3 is 2.43 bits per heavy atom. The zero-order valence-electron chi connectivity index (χ0n) is 12.8. The average Bonchev–Trinajstić information content (AvgIpc) is 2.55. The molecule has 1 amide bonds. The average molecular weight is 374 g/mol. The molecule has 0 aliphatic carbocycles. The van der Waals surface area contributed by atoms with Gasteiger partial charge in [0, 0.05) is 16.2 Å². The number of ether oxygens (including phenoxy) is 1. The Kier molecular flexibility index (Phi) is 5.71. The number of amides is 1. The zero-order chi connectivity index (χ0) is 16.8. The molecular weight excluding hydrogens is 358 g/mol. The van der Waals surface area contributed by atoms with Crippen molar-refractivity contribution in [3.8, 4) is 0 Å². The quantitative estimate of drug-likeness (QED) is 0.645. The molecule has 0 fully saturated rings. The van der Waals surface area contributed by atoms with Crippen LogP contribution in [0.5, 0.6) is 0 Å². The van der Waals surface area contributed by atoms with Gasteiger partial charge in [0.2, 0.25) is 5.91 Å². The number of halogens is 1. The molecule has 0 atom stereocenters. The highest BCUT2D eigenvalue weighted by molar-refractivity contribution is 9.10. The molecule has 0 aliphatic rings. The van der Waals surface area contributed by atoms with Crippen molar-refractivity contribution in [2.24, 2.45) is 0 Å². The number of hydrogen-bond donors (Lipinski definition) is 1. The largest absolute Gasteiger partial charge is 0.465 e. The summed E-state index contributed by atoms with van der Waals surface area (Å²) in [5.74, 6) is -0.601. The predicted molar refractivity (Wildman–Crippen MR) is 94.3 cm³/mol. The second-order valence-corrected chi connectivity index (χ2v) is 5.81. The van der Waals surface area contributed by atoms with Gasteiger partial charge in [-0.1, -0.05) is 28.1 Å². The van der Waals surface area contributed by atoms with Gasteiger partial charge in [-0.25, -0.2) is 4.79 Å². The maximum atomic E-state index is 12.0. The van der Waals surface area contributed by atoms with Crippen LogP contribution in [0.3, 0.4) is 0 Å². The van der Waals surface area contributed by atoms with Gasteiger partial charge in [0.05, 0.1) is 12.7 Å². The lowest BCUT2D eigenvalue weighted by Crippen LogP contribution is -2.08. The Morgan fingerprint density at radius 2 is 1.83 bits per heavy atom. The molecule has 0 aliphatic heterocycles. The fraction of sp³-hybridized carbons (Fsp3) is 0.111. The molecule has 0 saturated carbocycles. The first-order valence-corrected chi connectivity index (χ1v) is 7.72. The van der Waals surface area contributed by atoms with Gasteiger partial charge in [-0.2, -0.15) is 0 Å². The summed E-state index contributed by atoms with van der Waals surface area (Å²) in [5, 5.41) is 2.83. The van der Waals surface area contributed by atoms with E-state index in [0.29, 0.717) is 5.56 Å². The fourth-order valence-electron chi connectivity index (χ4n) is 1.96. The molecule has 0 radical (unpaired) electrons. The van der Waals surface area contributed by atoms with Crippen LogP contribution in [0.1, 0.15) is 21.5 Å². The number of esters is 1. The van der Waals surface area contributed by atoms with Crippen molar-refractivity contribution in [1.29, 1.82) is 0 Å². The van der Waals surface area contributed by atoms with Crippen molar-refractivity contribution >= 4 is 39.6 Å². The van der Waals surface area contributed by atoms with Gasteiger partial charge < -0.3 is 10.1 Å². The Balaban J connectivity index is 2.02. The van der Waals surface area contributed by atoms with E-state index in [0.717, 1.165) is 21.3 Å². The molecule has 0 bridgehead atoms. The first-order valence-electron chi connectivity index (χ1n) is 6.93. The molecule has 23 heavy (non-hydrogen) atoms. The molecule has 0 heterocycles. The van der Waals surface area contributed by atoms with Crippen LogP contribution in [0.15, 0.2) is 53.0 Å².